The molecule has 0 radical (unpaired) electrons. The van der Waals surface area contributed by atoms with Crippen molar-refractivity contribution in [2.75, 3.05) is 20.1 Å². The van der Waals surface area contributed by atoms with Crippen molar-refractivity contribution in [2.45, 2.75) is 18.4 Å². The second kappa shape index (κ2) is 5.39. The van der Waals surface area contributed by atoms with Gasteiger partial charge in [-0.15, -0.1) is 0 Å². The van der Waals surface area contributed by atoms with Crippen LogP contribution in [0, 0.1) is 0 Å². The van der Waals surface area contributed by atoms with Gasteiger partial charge >= 0.3 is 0 Å². The summed E-state index contributed by atoms with van der Waals surface area (Å²) < 4.78 is 0. The van der Waals surface area contributed by atoms with Gasteiger partial charge in [0.25, 0.3) is 0 Å². The van der Waals surface area contributed by atoms with E-state index in [1.807, 2.05) is 30.3 Å². The van der Waals surface area contributed by atoms with Crippen LogP contribution in [0.15, 0.2) is 54.6 Å². The summed E-state index contributed by atoms with van der Waals surface area (Å²) in [5.41, 5.74) is 2.70. The molecule has 1 fully saturated rings. The number of hydrogen-bond donors (Lipinski definition) is 1. The summed E-state index contributed by atoms with van der Waals surface area (Å²) in [6, 6.07) is 18.6. The van der Waals surface area contributed by atoms with E-state index in [0.717, 1.165) is 37.1 Å². The van der Waals surface area contributed by atoms with Crippen LogP contribution in [0.4, 0.5) is 0 Å². The smallest absolute Gasteiger partial charge is 0.0926 e. The van der Waals surface area contributed by atoms with Crippen LogP contribution in [0.3, 0.4) is 0 Å². The number of benzene rings is 2. The lowest BCUT2D eigenvalue weighted by molar-refractivity contribution is -0.0198. The van der Waals surface area contributed by atoms with Crippen molar-refractivity contribution in [3.8, 4) is 11.1 Å². The molecule has 1 heterocycles. The van der Waals surface area contributed by atoms with Crippen molar-refractivity contribution >= 4 is 0 Å². The summed E-state index contributed by atoms with van der Waals surface area (Å²) in [5, 5.41) is 11.1. The van der Waals surface area contributed by atoms with Crippen LogP contribution in [0.2, 0.25) is 0 Å². The van der Waals surface area contributed by atoms with Crippen molar-refractivity contribution in [1.29, 1.82) is 0 Å². The van der Waals surface area contributed by atoms with Gasteiger partial charge in [0.2, 0.25) is 0 Å². The third-order valence-electron chi connectivity index (χ3n) is 4.33. The standard InChI is InChI=1S/C18H21NO/c1-19-13-11-18(20,12-14-19)17-10-6-5-9-16(17)15-7-3-2-4-8-15/h2-10,20H,11-14H2,1H3. The van der Waals surface area contributed by atoms with Gasteiger partial charge in [0.15, 0.2) is 0 Å². The number of rotatable bonds is 2. The Kier molecular flexibility index (Phi) is 3.60. The van der Waals surface area contributed by atoms with Gasteiger partial charge in [-0.3, -0.25) is 0 Å². The summed E-state index contributed by atoms with van der Waals surface area (Å²) in [6.07, 6.45) is 1.60. The maximum atomic E-state index is 11.1. The fraction of sp³-hybridized carbons (Fsp3) is 0.333. The monoisotopic (exact) mass is 267 g/mol. The van der Waals surface area contributed by atoms with Gasteiger partial charge in [-0.25, -0.2) is 0 Å². The fourth-order valence-corrected chi connectivity index (χ4v) is 3.02. The Morgan fingerprint density at radius 3 is 2.20 bits per heavy atom. The Morgan fingerprint density at radius 2 is 1.50 bits per heavy atom. The third-order valence-corrected chi connectivity index (χ3v) is 4.33. The van der Waals surface area contributed by atoms with Gasteiger partial charge in [-0.05, 0) is 36.6 Å². The predicted molar refractivity (Wildman–Crippen MR) is 82.5 cm³/mol. The summed E-state index contributed by atoms with van der Waals surface area (Å²) in [6.45, 7) is 1.89. The highest BCUT2D eigenvalue weighted by Crippen LogP contribution is 2.38. The average Bonchev–Trinajstić information content (AvgIpc) is 2.51. The molecule has 0 aromatic heterocycles. The van der Waals surface area contributed by atoms with E-state index in [2.05, 4.69) is 36.2 Å². The van der Waals surface area contributed by atoms with Gasteiger partial charge in [0, 0.05) is 13.1 Å². The highest BCUT2D eigenvalue weighted by molar-refractivity contribution is 5.68. The van der Waals surface area contributed by atoms with Crippen molar-refractivity contribution in [1.82, 2.24) is 4.90 Å². The first-order chi connectivity index (χ1) is 9.69. The normalized spacial score (nSPS) is 18.9. The molecule has 0 unspecified atom stereocenters. The molecule has 0 amide bonds. The fourth-order valence-electron chi connectivity index (χ4n) is 3.02. The van der Waals surface area contributed by atoms with E-state index >= 15 is 0 Å². The zero-order chi connectivity index (χ0) is 14.0. The average molecular weight is 267 g/mol. The lowest BCUT2D eigenvalue weighted by Crippen LogP contribution is -2.41. The molecule has 1 N–H and O–H groups in total. The van der Waals surface area contributed by atoms with Gasteiger partial charge < -0.3 is 10.0 Å². The van der Waals surface area contributed by atoms with Crippen molar-refractivity contribution in [2.24, 2.45) is 0 Å². The van der Waals surface area contributed by atoms with Crippen molar-refractivity contribution in [3.63, 3.8) is 0 Å². The first kappa shape index (κ1) is 13.3. The molecule has 2 aromatic carbocycles. The summed E-state index contributed by atoms with van der Waals surface area (Å²) in [4.78, 5) is 2.28. The second-order valence-corrected chi connectivity index (χ2v) is 5.75. The highest BCUT2D eigenvalue weighted by atomic mass is 16.3. The van der Waals surface area contributed by atoms with E-state index in [1.165, 1.54) is 5.56 Å². The molecule has 0 atom stereocenters. The largest absolute Gasteiger partial charge is 0.385 e. The SMILES string of the molecule is CN1CCC(O)(c2ccccc2-c2ccccc2)CC1. The van der Waals surface area contributed by atoms with E-state index < -0.39 is 5.60 Å². The van der Waals surface area contributed by atoms with Gasteiger partial charge in [0.05, 0.1) is 5.60 Å². The minimum Gasteiger partial charge on any atom is -0.385 e. The van der Waals surface area contributed by atoms with Gasteiger partial charge in [-0.1, -0.05) is 54.6 Å². The molecule has 0 saturated carbocycles. The molecule has 3 rings (SSSR count). The van der Waals surface area contributed by atoms with E-state index in [-0.39, 0.29) is 0 Å². The number of nitrogens with zero attached hydrogens (tertiary/aromatic N) is 1. The zero-order valence-corrected chi connectivity index (χ0v) is 11.9. The van der Waals surface area contributed by atoms with Crippen molar-refractivity contribution in [3.05, 3.63) is 60.2 Å². The molecule has 2 aromatic rings. The molecule has 2 heteroatoms. The van der Waals surface area contributed by atoms with Crippen LogP contribution >= 0.6 is 0 Å². The topological polar surface area (TPSA) is 23.5 Å². The Morgan fingerprint density at radius 1 is 0.900 bits per heavy atom. The Bertz CT molecular complexity index is 571. The molecule has 2 nitrogen and oxygen atoms in total. The zero-order valence-electron chi connectivity index (χ0n) is 11.9. The number of hydrogen-bond acceptors (Lipinski definition) is 2. The molecule has 0 spiro atoms. The molecule has 1 aliphatic rings. The lowest BCUT2D eigenvalue weighted by Gasteiger charge is -2.38. The minimum absolute atomic E-state index is 0.695. The maximum Gasteiger partial charge on any atom is 0.0926 e. The van der Waals surface area contributed by atoms with E-state index in [4.69, 9.17) is 0 Å². The Labute approximate surface area is 120 Å². The molecular formula is C18H21NO. The van der Waals surface area contributed by atoms with Crippen LogP contribution in [0.1, 0.15) is 18.4 Å². The van der Waals surface area contributed by atoms with Crippen LogP contribution in [-0.4, -0.2) is 30.1 Å². The van der Waals surface area contributed by atoms with Gasteiger partial charge in [0.1, 0.15) is 0 Å². The first-order valence-electron chi connectivity index (χ1n) is 7.25. The molecule has 0 bridgehead atoms. The summed E-state index contributed by atoms with van der Waals surface area (Å²) >= 11 is 0. The maximum absolute atomic E-state index is 11.1. The Balaban J connectivity index is 2.02. The molecule has 0 aliphatic carbocycles. The van der Waals surface area contributed by atoms with Crippen LogP contribution in [0.25, 0.3) is 11.1 Å². The Hall–Kier alpha value is -1.64. The third kappa shape index (κ3) is 2.49. The molecule has 1 saturated heterocycles. The number of aliphatic hydroxyl groups is 1. The molecule has 104 valence electrons. The predicted octanol–water partition coefficient (Wildman–Crippen LogP) is 3.27. The quantitative estimate of drug-likeness (QED) is 0.902. The summed E-state index contributed by atoms with van der Waals surface area (Å²) in [5.74, 6) is 0. The van der Waals surface area contributed by atoms with Crippen LogP contribution < -0.4 is 0 Å². The van der Waals surface area contributed by atoms with E-state index in [1.54, 1.807) is 0 Å². The highest BCUT2D eigenvalue weighted by Gasteiger charge is 2.34. The minimum atomic E-state index is -0.695. The second-order valence-electron chi connectivity index (χ2n) is 5.75. The lowest BCUT2D eigenvalue weighted by atomic mass is 9.80. The first-order valence-corrected chi connectivity index (χ1v) is 7.25. The molecular weight excluding hydrogens is 246 g/mol. The van der Waals surface area contributed by atoms with Gasteiger partial charge in [-0.2, -0.15) is 0 Å². The summed E-state index contributed by atoms with van der Waals surface area (Å²) in [7, 11) is 2.11. The van der Waals surface area contributed by atoms with E-state index in [0.29, 0.717) is 0 Å². The van der Waals surface area contributed by atoms with Crippen LogP contribution in [0.5, 0.6) is 0 Å². The molecule has 20 heavy (non-hydrogen) atoms. The van der Waals surface area contributed by atoms with E-state index in [9.17, 15) is 5.11 Å². The number of piperidine rings is 1. The van der Waals surface area contributed by atoms with Crippen LogP contribution in [-0.2, 0) is 5.60 Å². The molecule has 1 aliphatic heterocycles. The number of likely N-dealkylation sites (tertiary alicyclic amines) is 1. The van der Waals surface area contributed by atoms with Crippen molar-refractivity contribution < 1.29 is 5.11 Å².